The van der Waals surface area contributed by atoms with Crippen LogP contribution in [0.4, 0.5) is 0 Å². The molecule has 2 aromatic rings. The molecule has 0 aliphatic heterocycles. The zero-order chi connectivity index (χ0) is 15.4. The molecule has 0 radical (unpaired) electrons. The minimum atomic E-state index is 0.310. The number of pyridine rings is 1. The molecule has 0 aliphatic carbocycles. The average Bonchev–Trinajstić information content (AvgIpc) is 2.88. The Labute approximate surface area is 127 Å². The van der Waals surface area contributed by atoms with Crippen molar-refractivity contribution in [1.29, 1.82) is 0 Å². The Kier molecular flexibility index (Phi) is 5.18. The fourth-order valence-electron chi connectivity index (χ4n) is 3.10. The zero-order valence-corrected chi connectivity index (χ0v) is 13.7. The maximum Gasteiger partial charge on any atom is 0.103 e. The zero-order valence-electron chi connectivity index (χ0n) is 13.7. The summed E-state index contributed by atoms with van der Waals surface area (Å²) in [6.45, 7) is 10.8. The first kappa shape index (κ1) is 15.8. The lowest BCUT2D eigenvalue weighted by atomic mass is 9.99. The van der Waals surface area contributed by atoms with Gasteiger partial charge in [-0.15, -0.1) is 0 Å². The van der Waals surface area contributed by atoms with E-state index < -0.39 is 0 Å². The number of aromatic nitrogens is 1. The van der Waals surface area contributed by atoms with Crippen molar-refractivity contribution in [2.45, 2.75) is 59.5 Å². The van der Waals surface area contributed by atoms with E-state index in [1.807, 2.05) is 19.1 Å². The normalized spacial score (nSPS) is 14.1. The first-order chi connectivity index (χ1) is 9.97. The third-order valence-electron chi connectivity index (χ3n) is 3.96. The molecule has 2 heterocycles. The maximum absolute atomic E-state index is 5.39. The quantitative estimate of drug-likeness (QED) is 0.861. The highest BCUT2D eigenvalue weighted by atomic mass is 16.3. The predicted octanol–water partition coefficient (Wildman–Crippen LogP) is 4.27. The molecule has 2 atom stereocenters. The number of nitrogens with zero attached hydrogens (tertiary/aromatic N) is 1. The molecular formula is C18H26N2O. The summed E-state index contributed by atoms with van der Waals surface area (Å²) < 4.78 is 5.39. The highest BCUT2D eigenvalue weighted by Crippen LogP contribution is 2.22. The molecule has 0 aromatic carbocycles. The molecule has 2 aromatic heterocycles. The number of nitrogens with one attached hydrogen (secondary N) is 1. The number of hydrogen-bond donors (Lipinski definition) is 1. The second-order valence-electron chi connectivity index (χ2n) is 5.99. The first-order valence-electron chi connectivity index (χ1n) is 7.70. The Morgan fingerprint density at radius 2 is 2.00 bits per heavy atom. The molecule has 21 heavy (non-hydrogen) atoms. The molecule has 0 saturated heterocycles. The van der Waals surface area contributed by atoms with Gasteiger partial charge in [0.2, 0.25) is 0 Å². The Hall–Kier alpha value is -1.61. The lowest BCUT2D eigenvalue weighted by Crippen LogP contribution is -2.30. The average molecular weight is 286 g/mol. The van der Waals surface area contributed by atoms with Crippen LogP contribution < -0.4 is 5.32 Å². The molecule has 2 rings (SSSR count). The minimum absolute atomic E-state index is 0.310. The summed E-state index contributed by atoms with van der Waals surface area (Å²) in [7, 11) is 0. The van der Waals surface area contributed by atoms with Crippen LogP contribution in [0.15, 0.2) is 28.9 Å². The Morgan fingerprint density at radius 1 is 1.24 bits per heavy atom. The van der Waals surface area contributed by atoms with Gasteiger partial charge in [0.15, 0.2) is 0 Å². The third-order valence-corrected chi connectivity index (χ3v) is 3.96. The van der Waals surface area contributed by atoms with Crippen LogP contribution in [0.25, 0.3) is 0 Å². The van der Waals surface area contributed by atoms with Gasteiger partial charge in [0.1, 0.15) is 5.76 Å². The molecule has 0 aliphatic rings. The topological polar surface area (TPSA) is 38.1 Å². The maximum atomic E-state index is 5.39. The molecule has 2 unspecified atom stereocenters. The van der Waals surface area contributed by atoms with E-state index in [1.54, 1.807) is 6.26 Å². The summed E-state index contributed by atoms with van der Waals surface area (Å²) in [5.74, 6) is 1.06. The molecule has 3 heteroatoms. The summed E-state index contributed by atoms with van der Waals surface area (Å²) >= 11 is 0. The fraction of sp³-hybridized carbons (Fsp3) is 0.500. The van der Waals surface area contributed by atoms with Gasteiger partial charge in [0, 0.05) is 29.9 Å². The van der Waals surface area contributed by atoms with Crippen LogP contribution in [0.2, 0.25) is 0 Å². The highest BCUT2D eigenvalue weighted by molar-refractivity contribution is 5.33. The van der Waals surface area contributed by atoms with Gasteiger partial charge in [-0.1, -0.05) is 0 Å². The lowest BCUT2D eigenvalue weighted by Gasteiger charge is -2.23. The lowest BCUT2D eigenvalue weighted by molar-refractivity contribution is 0.429. The molecule has 1 N–H and O–H groups in total. The molecule has 0 bridgehead atoms. The molecule has 0 spiro atoms. The van der Waals surface area contributed by atoms with E-state index in [-0.39, 0.29) is 0 Å². The highest BCUT2D eigenvalue weighted by Gasteiger charge is 2.15. The molecule has 3 nitrogen and oxygen atoms in total. The van der Waals surface area contributed by atoms with E-state index in [9.17, 15) is 0 Å². The summed E-state index contributed by atoms with van der Waals surface area (Å²) in [6.07, 6.45) is 3.77. The number of hydrogen-bond acceptors (Lipinski definition) is 3. The van der Waals surface area contributed by atoms with E-state index >= 15 is 0 Å². The van der Waals surface area contributed by atoms with Crippen LogP contribution in [0, 0.1) is 20.8 Å². The Morgan fingerprint density at radius 3 is 2.62 bits per heavy atom. The molecule has 114 valence electrons. The van der Waals surface area contributed by atoms with Gasteiger partial charge < -0.3 is 9.73 Å². The van der Waals surface area contributed by atoms with Crippen LogP contribution >= 0.6 is 0 Å². The second kappa shape index (κ2) is 6.90. The van der Waals surface area contributed by atoms with Crippen LogP contribution in [0.1, 0.15) is 54.6 Å². The van der Waals surface area contributed by atoms with Gasteiger partial charge in [0.05, 0.1) is 6.26 Å². The first-order valence-corrected chi connectivity index (χ1v) is 7.70. The SMILES string of the molecule is Cc1cc(C)c(C(C)NC(C)CCc2ccco2)c(C)n1. The summed E-state index contributed by atoms with van der Waals surface area (Å²) in [5, 5.41) is 3.68. The van der Waals surface area contributed by atoms with Crippen molar-refractivity contribution in [1.82, 2.24) is 10.3 Å². The van der Waals surface area contributed by atoms with E-state index in [0.717, 1.165) is 30.0 Å². The van der Waals surface area contributed by atoms with Gasteiger partial charge in [-0.25, -0.2) is 0 Å². The van der Waals surface area contributed by atoms with E-state index in [4.69, 9.17) is 4.42 Å². The van der Waals surface area contributed by atoms with Crippen molar-refractivity contribution in [2.75, 3.05) is 0 Å². The van der Waals surface area contributed by atoms with Crippen molar-refractivity contribution in [3.8, 4) is 0 Å². The number of furan rings is 1. The Balaban J connectivity index is 1.96. The Bertz CT molecular complexity index is 552. The van der Waals surface area contributed by atoms with Gasteiger partial charge >= 0.3 is 0 Å². The summed E-state index contributed by atoms with van der Waals surface area (Å²) in [4.78, 5) is 4.59. The van der Waals surface area contributed by atoms with E-state index in [1.165, 1.54) is 11.1 Å². The van der Waals surface area contributed by atoms with E-state index in [2.05, 4.69) is 44.1 Å². The van der Waals surface area contributed by atoms with Gasteiger partial charge in [-0.2, -0.15) is 0 Å². The van der Waals surface area contributed by atoms with E-state index in [0.29, 0.717) is 12.1 Å². The molecular weight excluding hydrogens is 260 g/mol. The fourth-order valence-corrected chi connectivity index (χ4v) is 3.10. The van der Waals surface area contributed by atoms with Gasteiger partial charge in [0.25, 0.3) is 0 Å². The molecule has 0 saturated carbocycles. The standard InChI is InChI=1S/C18H26N2O/c1-12-11-14(3)20-16(5)18(12)15(4)19-13(2)8-9-17-7-6-10-21-17/h6-7,10-11,13,15,19H,8-9H2,1-5H3. The van der Waals surface area contributed by atoms with Crippen LogP contribution in [-0.4, -0.2) is 11.0 Å². The van der Waals surface area contributed by atoms with Crippen molar-refractivity contribution in [2.24, 2.45) is 0 Å². The summed E-state index contributed by atoms with van der Waals surface area (Å²) in [6, 6.07) is 6.89. The largest absolute Gasteiger partial charge is 0.469 e. The monoisotopic (exact) mass is 286 g/mol. The van der Waals surface area contributed by atoms with Crippen molar-refractivity contribution < 1.29 is 4.42 Å². The predicted molar refractivity (Wildman–Crippen MR) is 86.5 cm³/mol. The van der Waals surface area contributed by atoms with Crippen molar-refractivity contribution >= 4 is 0 Å². The third kappa shape index (κ3) is 4.18. The molecule has 0 fully saturated rings. The van der Waals surface area contributed by atoms with Gasteiger partial charge in [-0.3, -0.25) is 4.98 Å². The second-order valence-corrected chi connectivity index (χ2v) is 5.99. The van der Waals surface area contributed by atoms with Crippen LogP contribution in [0.3, 0.4) is 0 Å². The number of aryl methyl sites for hydroxylation is 4. The van der Waals surface area contributed by atoms with Crippen LogP contribution in [-0.2, 0) is 6.42 Å². The minimum Gasteiger partial charge on any atom is -0.469 e. The number of rotatable bonds is 6. The van der Waals surface area contributed by atoms with Crippen LogP contribution in [0.5, 0.6) is 0 Å². The van der Waals surface area contributed by atoms with Crippen molar-refractivity contribution in [3.63, 3.8) is 0 Å². The molecule has 0 amide bonds. The van der Waals surface area contributed by atoms with Gasteiger partial charge in [-0.05, 0) is 70.4 Å². The summed E-state index contributed by atoms with van der Waals surface area (Å²) in [5.41, 5.74) is 4.86. The smallest absolute Gasteiger partial charge is 0.103 e. The van der Waals surface area contributed by atoms with Crippen molar-refractivity contribution in [3.05, 3.63) is 52.7 Å².